The Morgan fingerprint density at radius 1 is 1.19 bits per heavy atom. The molecule has 1 aromatic heterocycles. The number of benzene rings is 1. The van der Waals surface area contributed by atoms with Crippen LogP contribution in [0.2, 0.25) is 0 Å². The summed E-state index contributed by atoms with van der Waals surface area (Å²) in [6, 6.07) is 8.40. The van der Waals surface area contributed by atoms with Crippen molar-refractivity contribution in [2.24, 2.45) is 5.92 Å². The highest BCUT2D eigenvalue weighted by Gasteiger charge is 2.37. The average molecular weight is 471 g/mol. The van der Waals surface area contributed by atoms with Gasteiger partial charge in [0.2, 0.25) is 0 Å². The van der Waals surface area contributed by atoms with Crippen molar-refractivity contribution >= 4 is 28.5 Å². The van der Waals surface area contributed by atoms with E-state index in [1.54, 1.807) is 17.4 Å². The van der Waals surface area contributed by atoms with Crippen LogP contribution in [0.25, 0.3) is 5.57 Å². The first-order valence-electron chi connectivity index (χ1n) is 11.1. The summed E-state index contributed by atoms with van der Waals surface area (Å²) in [7, 11) is 0. The van der Waals surface area contributed by atoms with Gasteiger partial charge in [-0.2, -0.15) is 13.2 Å². The van der Waals surface area contributed by atoms with Gasteiger partial charge >= 0.3 is 6.18 Å². The molecule has 2 atom stereocenters. The molecule has 3 rings (SSSR count). The van der Waals surface area contributed by atoms with E-state index in [4.69, 9.17) is 11.6 Å². The summed E-state index contributed by atoms with van der Waals surface area (Å²) in [6.45, 7) is 2.05. The van der Waals surface area contributed by atoms with Crippen LogP contribution in [-0.2, 0) is 12.6 Å². The highest BCUT2D eigenvalue weighted by Crippen LogP contribution is 2.47. The molecule has 1 heterocycles. The number of aryl methyl sites for hydroxylation is 1. The van der Waals surface area contributed by atoms with Crippen molar-refractivity contribution in [2.75, 3.05) is 0 Å². The summed E-state index contributed by atoms with van der Waals surface area (Å²) < 4.78 is 42.0. The molecule has 0 spiro atoms. The molecule has 0 bridgehead atoms. The quantitative estimate of drug-likeness (QED) is 0.344. The first-order chi connectivity index (χ1) is 14.8. The molecule has 0 saturated carbocycles. The highest BCUT2D eigenvalue weighted by atomic mass is 35.5. The lowest BCUT2D eigenvalue weighted by molar-refractivity contribution is -0.137. The number of alkyl halides is 3. The summed E-state index contributed by atoms with van der Waals surface area (Å²) in [5.74, 6) is 0.0360. The number of hydrogen-bond acceptors (Lipinski definition) is 2. The Hall–Kier alpha value is -1.30. The SMILES string of the molecule is CCCCCC(O)c1ccc(C2=C(Cl)CC[C@@H]2CCCc2cccs2)c(C(F)(F)F)c1. The van der Waals surface area contributed by atoms with Gasteiger partial charge in [0.1, 0.15) is 0 Å². The van der Waals surface area contributed by atoms with E-state index < -0.39 is 17.8 Å². The largest absolute Gasteiger partial charge is 0.417 e. The van der Waals surface area contributed by atoms with Crippen molar-refractivity contribution in [1.82, 2.24) is 0 Å². The zero-order valence-electron chi connectivity index (χ0n) is 17.9. The number of halogens is 4. The lowest BCUT2D eigenvalue weighted by Crippen LogP contribution is -2.13. The Balaban J connectivity index is 1.82. The summed E-state index contributed by atoms with van der Waals surface area (Å²) in [6.07, 6.45) is 1.95. The average Bonchev–Trinajstić information content (AvgIpc) is 3.37. The highest BCUT2D eigenvalue weighted by molar-refractivity contribution is 7.09. The van der Waals surface area contributed by atoms with Crippen molar-refractivity contribution in [3.8, 4) is 0 Å². The van der Waals surface area contributed by atoms with E-state index in [0.717, 1.165) is 51.0 Å². The third-order valence-electron chi connectivity index (χ3n) is 6.07. The van der Waals surface area contributed by atoms with Crippen LogP contribution in [0.15, 0.2) is 40.7 Å². The van der Waals surface area contributed by atoms with E-state index >= 15 is 0 Å². The van der Waals surface area contributed by atoms with Crippen molar-refractivity contribution in [3.05, 3.63) is 62.3 Å². The van der Waals surface area contributed by atoms with Gasteiger partial charge in [-0.15, -0.1) is 11.3 Å². The number of thiophene rings is 1. The molecule has 0 fully saturated rings. The van der Waals surface area contributed by atoms with E-state index in [0.29, 0.717) is 29.0 Å². The molecular formula is C25H30ClF3OS. The monoisotopic (exact) mass is 470 g/mol. The second kappa shape index (κ2) is 11.0. The molecule has 6 heteroatoms. The maximum Gasteiger partial charge on any atom is 0.417 e. The van der Waals surface area contributed by atoms with Gasteiger partial charge in [-0.1, -0.05) is 56.0 Å². The molecular weight excluding hydrogens is 441 g/mol. The van der Waals surface area contributed by atoms with Crippen LogP contribution in [0.3, 0.4) is 0 Å². The van der Waals surface area contributed by atoms with Gasteiger partial charge in [0.25, 0.3) is 0 Å². The molecule has 0 radical (unpaired) electrons. The summed E-state index contributed by atoms with van der Waals surface area (Å²) in [4.78, 5) is 1.30. The Kier molecular flexibility index (Phi) is 8.65. The fourth-order valence-corrected chi connectivity index (χ4v) is 5.54. The number of aliphatic hydroxyl groups is 1. The molecule has 170 valence electrons. The van der Waals surface area contributed by atoms with Crippen LogP contribution in [-0.4, -0.2) is 5.11 Å². The minimum Gasteiger partial charge on any atom is -0.388 e. The van der Waals surface area contributed by atoms with Crippen molar-refractivity contribution < 1.29 is 18.3 Å². The molecule has 0 saturated heterocycles. The van der Waals surface area contributed by atoms with Crippen molar-refractivity contribution in [1.29, 1.82) is 0 Å². The fourth-order valence-electron chi connectivity index (χ4n) is 4.43. The number of unbranched alkanes of at least 4 members (excludes halogenated alkanes) is 2. The minimum atomic E-state index is -4.50. The summed E-state index contributed by atoms with van der Waals surface area (Å²) >= 11 is 8.17. The molecule has 1 aliphatic rings. The Labute approximate surface area is 192 Å². The summed E-state index contributed by atoms with van der Waals surface area (Å²) in [5, 5.41) is 13.0. The van der Waals surface area contributed by atoms with E-state index in [1.807, 2.05) is 11.4 Å². The van der Waals surface area contributed by atoms with Crippen LogP contribution in [0.4, 0.5) is 13.2 Å². The van der Waals surface area contributed by atoms with Gasteiger partial charge in [-0.25, -0.2) is 0 Å². The maximum atomic E-state index is 14.0. The fraction of sp³-hybridized carbons (Fsp3) is 0.520. The van der Waals surface area contributed by atoms with Crippen LogP contribution < -0.4 is 0 Å². The topological polar surface area (TPSA) is 20.2 Å². The van der Waals surface area contributed by atoms with E-state index in [-0.39, 0.29) is 11.5 Å². The van der Waals surface area contributed by atoms with Gasteiger partial charge in [0.15, 0.2) is 0 Å². The smallest absolute Gasteiger partial charge is 0.388 e. The first-order valence-corrected chi connectivity index (χ1v) is 12.4. The van der Waals surface area contributed by atoms with Crippen molar-refractivity contribution in [3.63, 3.8) is 0 Å². The molecule has 1 aliphatic carbocycles. The van der Waals surface area contributed by atoms with Crippen LogP contribution >= 0.6 is 22.9 Å². The molecule has 31 heavy (non-hydrogen) atoms. The molecule has 1 aromatic carbocycles. The predicted molar refractivity (Wildman–Crippen MR) is 123 cm³/mol. The van der Waals surface area contributed by atoms with E-state index in [2.05, 4.69) is 13.0 Å². The van der Waals surface area contributed by atoms with Gasteiger partial charge in [-0.3, -0.25) is 0 Å². The zero-order valence-corrected chi connectivity index (χ0v) is 19.4. The van der Waals surface area contributed by atoms with Crippen LogP contribution in [0.5, 0.6) is 0 Å². The number of aliphatic hydroxyl groups excluding tert-OH is 1. The molecule has 2 aromatic rings. The second-order valence-corrected chi connectivity index (χ2v) is 9.83. The van der Waals surface area contributed by atoms with E-state index in [9.17, 15) is 18.3 Å². The molecule has 0 aliphatic heterocycles. The van der Waals surface area contributed by atoms with Gasteiger partial charge in [-0.05, 0) is 78.7 Å². The minimum absolute atomic E-state index is 0.0360. The van der Waals surface area contributed by atoms with Crippen molar-refractivity contribution in [2.45, 2.75) is 77.0 Å². The third kappa shape index (κ3) is 6.36. The van der Waals surface area contributed by atoms with Crippen LogP contribution in [0.1, 0.15) is 86.0 Å². The van der Waals surface area contributed by atoms with E-state index in [1.165, 1.54) is 10.9 Å². The molecule has 1 unspecified atom stereocenters. The second-order valence-electron chi connectivity index (χ2n) is 8.34. The zero-order chi connectivity index (χ0) is 22.4. The summed E-state index contributed by atoms with van der Waals surface area (Å²) in [5.41, 5.74) is 0.474. The maximum absolute atomic E-state index is 14.0. The standard InChI is InChI=1S/C25H30ClF3OS/c1-2-3-4-10-23(30)18-11-13-20(21(16-18)25(27,28)29)24-17(12-14-22(24)26)7-5-8-19-9-6-15-31-19/h6,9,11,13,15-17,23,30H,2-5,7-8,10,12,14H2,1H3/t17-,23?/m0/s1. The van der Waals surface area contributed by atoms with Gasteiger partial charge < -0.3 is 5.11 Å². The first kappa shape index (κ1) is 24.3. The normalized spacial score (nSPS) is 18.1. The van der Waals surface area contributed by atoms with Gasteiger partial charge in [0.05, 0.1) is 11.7 Å². The molecule has 1 N–H and O–H groups in total. The molecule has 1 nitrogen and oxygen atoms in total. The Morgan fingerprint density at radius 3 is 2.68 bits per heavy atom. The number of hydrogen-bond donors (Lipinski definition) is 1. The lowest BCUT2D eigenvalue weighted by atomic mass is 9.86. The Morgan fingerprint density at radius 2 is 2.00 bits per heavy atom. The number of allylic oxidation sites excluding steroid dienone is 2. The third-order valence-corrected chi connectivity index (χ3v) is 7.40. The molecule has 0 amide bonds. The van der Waals surface area contributed by atoms with Gasteiger partial charge in [0, 0.05) is 9.91 Å². The predicted octanol–water partition coefficient (Wildman–Crippen LogP) is 8.76. The lowest BCUT2D eigenvalue weighted by Gasteiger charge is -2.22. The number of rotatable bonds is 10. The van der Waals surface area contributed by atoms with Crippen LogP contribution in [0, 0.1) is 5.92 Å². The Bertz CT molecular complexity index is 873.